The maximum atomic E-state index is 10.6. The van der Waals surface area contributed by atoms with Crippen LogP contribution in [0.2, 0.25) is 0 Å². The highest BCUT2D eigenvalue weighted by molar-refractivity contribution is 5.53. The second-order valence-electron chi connectivity index (χ2n) is 2.33. The molecule has 0 saturated carbocycles. The van der Waals surface area contributed by atoms with Gasteiger partial charge in [-0.25, -0.2) is 9.89 Å². The second-order valence-corrected chi connectivity index (χ2v) is 2.33. The summed E-state index contributed by atoms with van der Waals surface area (Å²) in [6.07, 6.45) is 1.55. The molecular weight excluding hydrogens is 160 g/mol. The fraction of sp³-hybridized carbons (Fsp3) is 0.167. The molecule has 2 aromatic rings. The zero-order valence-electron chi connectivity index (χ0n) is 6.29. The number of aryl methyl sites for hydroxylation is 1. The van der Waals surface area contributed by atoms with E-state index in [0.29, 0.717) is 5.56 Å². The van der Waals surface area contributed by atoms with E-state index < -0.39 is 5.76 Å². The van der Waals surface area contributed by atoms with E-state index in [2.05, 4.69) is 20.4 Å². The molecule has 0 saturated heterocycles. The van der Waals surface area contributed by atoms with Crippen LogP contribution in [0.5, 0.6) is 0 Å². The third-order valence-electron chi connectivity index (χ3n) is 1.50. The minimum Gasteiger partial charge on any atom is -0.388 e. The van der Waals surface area contributed by atoms with Crippen LogP contribution in [0.25, 0.3) is 11.5 Å². The van der Waals surface area contributed by atoms with Crippen LogP contribution < -0.4 is 5.76 Å². The Hall–Kier alpha value is -1.85. The monoisotopic (exact) mass is 166 g/mol. The number of nitrogens with zero attached hydrogens (tertiary/aromatic N) is 2. The Bertz CT molecular complexity index is 438. The van der Waals surface area contributed by atoms with Gasteiger partial charge in [0.25, 0.3) is 5.89 Å². The van der Waals surface area contributed by atoms with Gasteiger partial charge in [-0.2, -0.15) is 5.10 Å². The molecular formula is C6H6N4O2. The Morgan fingerprint density at radius 3 is 2.83 bits per heavy atom. The fourth-order valence-corrected chi connectivity index (χ4v) is 0.911. The molecule has 0 fully saturated rings. The molecule has 0 aliphatic rings. The SMILES string of the molecule is Cc1[nH]ncc1-c1n[nH]c(=O)o1. The summed E-state index contributed by atoms with van der Waals surface area (Å²) in [4.78, 5) is 10.6. The number of aromatic amines is 2. The normalized spacial score (nSPS) is 10.4. The van der Waals surface area contributed by atoms with E-state index in [-0.39, 0.29) is 5.89 Å². The highest BCUT2D eigenvalue weighted by Crippen LogP contribution is 2.15. The van der Waals surface area contributed by atoms with Crippen LogP contribution in [-0.2, 0) is 0 Å². The maximum Gasteiger partial charge on any atom is 0.434 e. The first kappa shape index (κ1) is 6.84. The lowest BCUT2D eigenvalue weighted by Gasteiger charge is -1.86. The van der Waals surface area contributed by atoms with Gasteiger partial charge in [0.1, 0.15) is 0 Å². The van der Waals surface area contributed by atoms with Gasteiger partial charge in [-0.3, -0.25) is 5.10 Å². The average molecular weight is 166 g/mol. The van der Waals surface area contributed by atoms with Gasteiger partial charge < -0.3 is 4.42 Å². The molecule has 2 rings (SSSR count). The topological polar surface area (TPSA) is 87.6 Å². The molecule has 0 spiro atoms. The summed E-state index contributed by atoms with van der Waals surface area (Å²) in [6.45, 7) is 1.82. The number of hydrogen-bond donors (Lipinski definition) is 2. The summed E-state index contributed by atoms with van der Waals surface area (Å²) in [6, 6.07) is 0. The van der Waals surface area contributed by atoms with Gasteiger partial charge in [-0.05, 0) is 6.92 Å². The van der Waals surface area contributed by atoms with E-state index in [1.54, 1.807) is 6.20 Å². The Morgan fingerprint density at radius 1 is 1.50 bits per heavy atom. The number of aromatic nitrogens is 4. The molecule has 0 amide bonds. The van der Waals surface area contributed by atoms with E-state index in [0.717, 1.165) is 5.69 Å². The minimum atomic E-state index is -0.564. The lowest BCUT2D eigenvalue weighted by molar-refractivity contribution is 0.526. The van der Waals surface area contributed by atoms with Crippen molar-refractivity contribution in [2.75, 3.05) is 0 Å². The second kappa shape index (κ2) is 2.33. The first-order chi connectivity index (χ1) is 5.77. The van der Waals surface area contributed by atoms with Gasteiger partial charge >= 0.3 is 5.76 Å². The third kappa shape index (κ3) is 0.931. The van der Waals surface area contributed by atoms with Crippen molar-refractivity contribution in [3.05, 3.63) is 22.4 Å². The van der Waals surface area contributed by atoms with Crippen molar-refractivity contribution in [3.8, 4) is 11.5 Å². The first-order valence-corrected chi connectivity index (χ1v) is 3.33. The first-order valence-electron chi connectivity index (χ1n) is 3.33. The summed E-state index contributed by atoms with van der Waals surface area (Å²) >= 11 is 0. The minimum absolute atomic E-state index is 0.256. The van der Waals surface area contributed by atoms with Gasteiger partial charge in [-0.15, -0.1) is 5.10 Å². The maximum absolute atomic E-state index is 10.6. The number of nitrogens with one attached hydrogen (secondary N) is 2. The Balaban J connectivity index is 2.57. The summed E-state index contributed by atoms with van der Waals surface area (Å²) in [7, 11) is 0. The number of rotatable bonds is 1. The van der Waals surface area contributed by atoms with Crippen LogP contribution in [0.3, 0.4) is 0 Å². The molecule has 0 unspecified atom stereocenters. The van der Waals surface area contributed by atoms with Gasteiger partial charge in [-0.1, -0.05) is 0 Å². The summed E-state index contributed by atoms with van der Waals surface area (Å²) in [5.41, 5.74) is 1.50. The quantitative estimate of drug-likeness (QED) is 0.627. The molecule has 6 heteroatoms. The zero-order valence-corrected chi connectivity index (χ0v) is 6.29. The van der Waals surface area contributed by atoms with Crippen LogP contribution >= 0.6 is 0 Å². The lowest BCUT2D eigenvalue weighted by atomic mass is 10.3. The van der Waals surface area contributed by atoms with Crippen molar-refractivity contribution in [1.29, 1.82) is 0 Å². The molecule has 0 bridgehead atoms. The number of hydrogen-bond acceptors (Lipinski definition) is 4. The molecule has 12 heavy (non-hydrogen) atoms. The Labute approximate surface area is 66.6 Å². The van der Waals surface area contributed by atoms with Crippen LogP contribution in [0.15, 0.2) is 15.4 Å². The fourth-order valence-electron chi connectivity index (χ4n) is 0.911. The van der Waals surface area contributed by atoms with E-state index >= 15 is 0 Å². The third-order valence-corrected chi connectivity index (χ3v) is 1.50. The van der Waals surface area contributed by atoms with E-state index in [1.165, 1.54) is 0 Å². The predicted octanol–water partition coefficient (Wildman–Crippen LogP) is 0.0614. The van der Waals surface area contributed by atoms with Crippen molar-refractivity contribution < 1.29 is 4.42 Å². The van der Waals surface area contributed by atoms with Crippen LogP contribution in [0.4, 0.5) is 0 Å². The van der Waals surface area contributed by atoms with Crippen molar-refractivity contribution in [2.45, 2.75) is 6.92 Å². The van der Waals surface area contributed by atoms with Gasteiger partial charge in [0, 0.05) is 5.69 Å². The molecule has 0 aliphatic heterocycles. The van der Waals surface area contributed by atoms with E-state index in [9.17, 15) is 4.79 Å². The van der Waals surface area contributed by atoms with Crippen LogP contribution in [0.1, 0.15) is 5.69 Å². The Kier molecular flexibility index (Phi) is 1.33. The van der Waals surface area contributed by atoms with Crippen molar-refractivity contribution in [3.63, 3.8) is 0 Å². The molecule has 0 aliphatic carbocycles. The average Bonchev–Trinajstić information content (AvgIpc) is 2.58. The number of H-pyrrole nitrogens is 2. The van der Waals surface area contributed by atoms with Crippen molar-refractivity contribution >= 4 is 0 Å². The Morgan fingerprint density at radius 2 is 2.33 bits per heavy atom. The summed E-state index contributed by atoms with van der Waals surface area (Å²) < 4.78 is 4.73. The standard InChI is InChI=1S/C6H6N4O2/c1-3-4(2-7-8-3)5-9-10-6(11)12-5/h2H,1H3,(H,7,8)(H,10,11). The lowest BCUT2D eigenvalue weighted by Crippen LogP contribution is -1.93. The summed E-state index contributed by atoms with van der Waals surface area (Å²) in [5.74, 6) is -0.308. The molecule has 0 atom stereocenters. The molecule has 2 aromatic heterocycles. The van der Waals surface area contributed by atoms with Crippen LogP contribution in [-0.4, -0.2) is 20.4 Å². The van der Waals surface area contributed by atoms with Crippen molar-refractivity contribution in [1.82, 2.24) is 20.4 Å². The zero-order chi connectivity index (χ0) is 8.55. The summed E-state index contributed by atoms with van der Waals surface area (Å²) in [5, 5.41) is 12.3. The van der Waals surface area contributed by atoms with Crippen LogP contribution in [0, 0.1) is 6.92 Å². The van der Waals surface area contributed by atoms with E-state index in [4.69, 9.17) is 4.42 Å². The van der Waals surface area contributed by atoms with Gasteiger partial charge in [0.05, 0.1) is 11.8 Å². The molecule has 6 nitrogen and oxygen atoms in total. The predicted molar refractivity (Wildman–Crippen MR) is 39.4 cm³/mol. The molecule has 0 aromatic carbocycles. The molecule has 62 valence electrons. The van der Waals surface area contributed by atoms with Gasteiger partial charge in [0.15, 0.2) is 0 Å². The molecule has 2 heterocycles. The van der Waals surface area contributed by atoms with Crippen molar-refractivity contribution in [2.24, 2.45) is 0 Å². The molecule has 2 N–H and O–H groups in total. The van der Waals surface area contributed by atoms with Gasteiger partial charge in [0.2, 0.25) is 0 Å². The highest BCUT2D eigenvalue weighted by atomic mass is 16.4. The smallest absolute Gasteiger partial charge is 0.388 e. The highest BCUT2D eigenvalue weighted by Gasteiger charge is 2.09. The largest absolute Gasteiger partial charge is 0.434 e. The van der Waals surface area contributed by atoms with E-state index in [1.807, 2.05) is 6.92 Å². The molecule has 0 radical (unpaired) electrons.